The Bertz CT molecular complexity index is 1290. The second-order valence-corrected chi connectivity index (χ2v) is 13.2. The Hall–Kier alpha value is -3.18. The molecule has 43 heavy (non-hydrogen) atoms. The van der Waals surface area contributed by atoms with E-state index in [1.807, 2.05) is 19.9 Å². The number of carbonyl (C=O) groups is 2. The first-order chi connectivity index (χ1) is 20.8. The van der Waals surface area contributed by atoms with E-state index < -0.39 is 6.29 Å². The zero-order valence-corrected chi connectivity index (χ0v) is 26.3. The van der Waals surface area contributed by atoms with E-state index in [4.69, 9.17) is 4.74 Å². The van der Waals surface area contributed by atoms with Crippen LogP contribution in [0.5, 0.6) is 5.75 Å². The lowest BCUT2D eigenvalue weighted by Crippen LogP contribution is -2.29. The number of unbranched alkanes of at least 4 members (excludes halogenated alkanes) is 2. The Morgan fingerprint density at radius 2 is 1.53 bits per heavy atom. The van der Waals surface area contributed by atoms with Gasteiger partial charge >= 0.3 is 0 Å². The fourth-order valence-electron chi connectivity index (χ4n) is 7.53. The van der Waals surface area contributed by atoms with Crippen LogP contribution in [0.15, 0.2) is 60.2 Å². The van der Waals surface area contributed by atoms with Crippen molar-refractivity contribution in [3.63, 3.8) is 0 Å². The molecule has 1 N–H and O–H groups in total. The third kappa shape index (κ3) is 7.86. The molecule has 2 aliphatic carbocycles. The summed E-state index contributed by atoms with van der Waals surface area (Å²) in [5.74, 6) is 3.33. The number of aliphatic hydroxyl groups excluding tert-OH is 1. The number of aliphatic hydroxyl groups is 1. The van der Waals surface area contributed by atoms with Gasteiger partial charge in [-0.25, -0.2) is 4.90 Å². The predicted octanol–water partition coefficient (Wildman–Crippen LogP) is 8.89. The lowest BCUT2D eigenvalue weighted by atomic mass is 9.68. The van der Waals surface area contributed by atoms with Crippen molar-refractivity contribution in [2.45, 2.75) is 110 Å². The standard InChI is InChI=1S/C38H49NO4/c1-4-5-6-7-28-8-12-30(13-9-28)32-16-18-33(19-17-32)31-14-10-29(11-15-31)24-27(3)38(42)43-35-21-20-34(25-26(35)2)39-36(40)22-23-37(39)41/h10-11,14-15,20-25,28,30,32-33,38,42H,4-9,12-13,16-19H2,1-3H3/b27-24+. The van der Waals surface area contributed by atoms with Gasteiger partial charge in [-0.2, -0.15) is 0 Å². The molecule has 2 aromatic rings. The van der Waals surface area contributed by atoms with Gasteiger partial charge < -0.3 is 9.84 Å². The van der Waals surface area contributed by atoms with Gasteiger partial charge in [0.25, 0.3) is 11.8 Å². The van der Waals surface area contributed by atoms with Crippen LogP contribution < -0.4 is 9.64 Å². The van der Waals surface area contributed by atoms with Crippen LogP contribution in [0.2, 0.25) is 0 Å². The summed E-state index contributed by atoms with van der Waals surface area (Å²) in [7, 11) is 0. The topological polar surface area (TPSA) is 66.8 Å². The third-order valence-corrected chi connectivity index (χ3v) is 10.2. The Morgan fingerprint density at radius 3 is 2.14 bits per heavy atom. The summed E-state index contributed by atoms with van der Waals surface area (Å²) in [5.41, 5.74) is 4.39. The number of carbonyl (C=O) groups excluding carboxylic acids is 2. The van der Waals surface area contributed by atoms with Gasteiger partial charge in [0.2, 0.25) is 6.29 Å². The Morgan fingerprint density at radius 1 is 0.907 bits per heavy atom. The molecule has 5 heteroatoms. The number of rotatable bonds is 11. The molecule has 2 aromatic carbocycles. The molecule has 5 nitrogen and oxygen atoms in total. The molecule has 0 radical (unpaired) electrons. The zero-order chi connectivity index (χ0) is 30.3. The number of benzene rings is 2. The van der Waals surface area contributed by atoms with Gasteiger partial charge in [-0.1, -0.05) is 69.7 Å². The first kappa shape index (κ1) is 31.3. The number of imide groups is 1. The van der Waals surface area contributed by atoms with Crippen LogP contribution in [0.4, 0.5) is 5.69 Å². The average molecular weight is 584 g/mol. The Labute approximate surface area is 258 Å². The molecule has 0 aromatic heterocycles. The van der Waals surface area contributed by atoms with Crippen LogP contribution in [0, 0.1) is 24.7 Å². The second kappa shape index (κ2) is 14.5. The van der Waals surface area contributed by atoms with E-state index in [1.54, 1.807) is 18.2 Å². The van der Waals surface area contributed by atoms with Gasteiger partial charge in [0, 0.05) is 12.2 Å². The average Bonchev–Trinajstić information content (AvgIpc) is 3.36. The maximum atomic E-state index is 12.0. The van der Waals surface area contributed by atoms with Crippen molar-refractivity contribution in [1.82, 2.24) is 0 Å². The van der Waals surface area contributed by atoms with Gasteiger partial charge in [-0.15, -0.1) is 0 Å². The molecular formula is C38H49NO4. The molecule has 1 unspecified atom stereocenters. The highest BCUT2D eigenvalue weighted by molar-refractivity contribution is 6.28. The fourth-order valence-corrected chi connectivity index (χ4v) is 7.53. The van der Waals surface area contributed by atoms with Crippen molar-refractivity contribution in [3.05, 3.63) is 76.9 Å². The molecule has 5 rings (SSSR count). The summed E-state index contributed by atoms with van der Waals surface area (Å²) in [6.45, 7) is 5.99. The third-order valence-electron chi connectivity index (χ3n) is 10.2. The van der Waals surface area contributed by atoms with Crippen LogP contribution in [-0.2, 0) is 9.59 Å². The summed E-state index contributed by atoms with van der Waals surface area (Å²) < 4.78 is 5.84. The summed E-state index contributed by atoms with van der Waals surface area (Å²) in [6, 6.07) is 13.9. The minimum Gasteiger partial charge on any atom is -0.461 e. The number of amides is 2. The van der Waals surface area contributed by atoms with E-state index in [0.29, 0.717) is 22.9 Å². The maximum absolute atomic E-state index is 12.0. The highest BCUT2D eigenvalue weighted by atomic mass is 16.6. The summed E-state index contributed by atoms with van der Waals surface area (Å²) in [5, 5.41) is 10.8. The normalized spacial score (nSPS) is 25.3. The van der Waals surface area contributed by atoms with Crippen molar-refractivity contribution in [1.29, 1.82) is 0 Å². The molecule has 0 bridgehead atoms. The molecule has 1 heterocycles. The lowest BCUT2D eigenvalue weighted by Gasteiger charge is -2.38. The van der Waals surface area contributed by atoms with Crippen molar-refractivity contribution >= 4 is 23.6 Å². The molecule has 0 saturated heterocycles. The van der Waals surface area contributed by atoms with E-state index in [0.717, 1.165) is 33.8 Å². The minimum atomic E-state index is -1.11. The van der Waals surface area contributed by atoms with Crippen molar-refractivity contribution in [2.75, 3.05) is 4.90 Å². The van der Waals surface area contributed by atoms with Crippen molar-refractivity contribution < 1.29 is 19.4 Å². The molecule has 2 amide bonds. The van der Waals surface area contributed by atoms with Gasteiger partial charge in [0.15, 0.2) is 0 Å². The zero-order valence-electron chi connectivity index (χ0n) is 26.3. The van der Waals surface area contributed by atoms with Crippen LogP contribution in [-0.4, -0.2) is 23.2 Å². The molecule has 2 fully saturated rings. The quantitative estimate of drug-likeness (QED) is 0.163. The number of hydrogen-bond donors (Lipinski definition) is 1. The van der Waals surface area contributed by atoms with Crippen LogP contribution in [0.25, 0.3) is 6.08 Å². The minimum absolute atomic E-state index is 0.360. The predicted molar refractivity (Wildman–Crippen MR) is 174 cm³/mol. The smallest absolute Gasteiger partial charge is 0.258 e. The number of nitrogens with zero attached hydrogens (tertiary/aromatic N) is 1. The van der Waals surface area contributed by atoms with Crippen LogP contribution in [0.1, 0.15) is 114 Å². The SMILES string of the molecule is CCCCCC1CCC(C2CCC(c3ccc(/C=C(\C)C(O)Oc4ccc(N5C(=O)C=CC5=O)cc4C)cc3)CC2)CC1. The Kier molecular flexibility index (Phi) is 10.6. The van der Waals surface area contributed by atoms with Crippen molar-refractivity contribution in [3.8, 4) is 5.75 Å². The number of aryl methyl sites for hydroxylation is 1. The fraction of sp³-hybridized carbons (Fsp3) is 0.526. The molecule has 230 valence electrons. The summed E-state index contributed by atoms with van der Waals surface area (Å²) in [6.07, 6.45) is 20.2. The number of hydrogen-bond acceptors (Lipinski definition) is 4. The van der Waals surface area contributed by atoms with E-state index in [9.17, 15) is 14.7 Å². The van der Waals surface area contributed by atoms with Gasteiger partial charge in [0.05, 0.1) is 5.69 Å². The van der Waals surface area contributed by atoms with Gasteiger partial charge in [-0.3, -0.25) is 9.59 Å². The van der Waals surface area contributed by atoms with Gasteiger partial charge in [0.1, 0.15) is 5.75 Å². The monoisotopic (exact) mass is 583 g/mol. The second-order valence-electron chi connectivity index (χ2n) is 13.2. The number of ether oxygens (including phenoxy) is 1. The molecule has 1 atom stereocenters. The Balaban J connectivity index is 1.09. The van der Waals surface area contributed by atoms with Crippen LogP contribution in [0.3, 0.4) is 0 Å². The first-order valence-electron chi connectivity index (χ1n) is 16.6. The molecule has 0 spiro atoms. The lowest BCUT2D eigenvalue weighted by molar-refractivity contribution is -0.119. The molecular weight excluding hydrogens is 534 g/mol. The summed E-state index contributed by atoms with van der Waals surface area (Å²) in [4.78, 5) is 25.1. The molecule has 1 aliphatic heterocycles. The maximum Gasteiger partial charge on any atom is 0.258 e. The summed E-state index contributed by atoms with van der Waals surface area (Å²) >= 11 is 0. The van der Waals surface area contributed by atoms with Crippen molar-refractivity contribution in [2.24, 2.45) is 17.8 Å². The van der Waals surface area contributed by atoms with E-state index in [1.165, 1.54) is 94.8 Å². The van der Waals surface area contributed by atoms with Crippen LogP contribution >= 0.6 is 0 Å². The van der Waals surface area contributed by atoms with Gasteiger partial charge in [-0.05, 0) is 123 Å². The van der Waals surface area contributed by atoms with E-state index >= 15 is 0 Å². The highest BCUT2D eigenvalue weighted by Crippen LogP contribution is 2.44. The first-order valence-corrected chi connectivity index (χ1v) is 16.6. The highest BCUT2D eigenvalue weighted by Gasteiger charge is 2.31. The molecule has 3 aliphatic rings. The molecule has 2 saturated carbocycles. The number of anilines is 1. The van der Waals surface area contributed by atoms with E-state index in [-0.39, 0.29) is 11.8 Å². The van der Waals surface area contributed by atoms with E-state index in [2.05, 4.69) is 31.2 Å². The largest absolute Gasteiger partial charge is 0.461 e.